The first kappa shape index (κ1) is 27.6. The highest BCUT2D eigenvalue weighted by Crippen LogP contribution is 2.53. The number of carbonyl (C=O) groups excluding carboxylic acids is 3. The number of hydrogen-bond donors (Lipinski definition) is 5. The van der Waals surface area contributed by atoms with E-state index >= 15 is 0 Å². The van der Waals surface area contributed by atoms with Gasteiger partial charge in [0.1, 0.15) is 22.8 Å². The zero-order chi connectivity index (χ0) is 29.3. The van der Waals surface area contributed by atoms with Crippen molar-refractivity contribution >= 4 is 23.2 Å². The van der Waals surface area contributed by atoms with Crippen LogP contribution in [0.1, 0.15) is 23.1 Å². The number of aliphatic hydroxyl groups excluding tert-OH is 2. The van der Waals surface area contributed by atoms with E-state index in [0.717, 1.165) is 16.7 Å². The smallest absolute Gasteiger partial charge is 0.255 e. The molecule has 210 valence electrons. The first-order valence-electron chi connectivity index (χ1n) is 13.0. The molecule has 6 N–H and O–H groups in total. The number of Topliss-reactive ketones (excluding diaryl/α,β-unsaturated/α-hetero) is 2. The fourth-order valence-electron chi connectivity index (χ4n) is 6.72. The number of hydrogen-bond acceptors (Lipinski definition) is 9. The Balaban J connectivity index is 1.70. The lowest BCUT2D eigenvalue weighted by atomic mass is 9.57. The minimum atomic E-state index is -2.65. The van der Waals surface area contributed by atoms with Gasteiger partial charge in [-0.2, -0.15) is 0 Å². The highest BCUT2D eigenvalue weighted by Gasteiger charge is 2.64. The number of aliphatic hydroxyl groups is 3. The summed E-state index contributed by atoms with van der Waals surface area (Å²) in [5, 5.41) is 45.0. The molecule has 40 heavy (non-hydrogen) atoms. The number of phenols is 1. The quantitative estimate of drug-likeness (QED) is 0.350. The van der Waals surface area contributed by atoms with Crippen LogP contribution in [0.2, 0.25) is 0 Å². The average molecular weight is 548 g/mol. The lowest BCUT2D eigenvalue weighted by molar-refractivity contribution is -0.153. The van der Waals surface area contributed by atoms with Crippen molar-refractivity contribution in [3.63, 3.8) is 0 Å². The first-order valence-corrected chi connectivity index (χ1v) is 13.0. The van der Waals surface area contributed by atoms with E-state index in [1.807, 2.05) is 43.3 Å². The summed E-state index contributed by atoms with van der Waals surface area (Å²) in [7, 11) is 7.09. The Morgan fingerprint density at radius 1 is 1.07 bits per heavy atom. The van der Waals surface area contributed by atoms with Crippen LogP contribution in [0.4, 0.5) is 0 Å². The van der Waals surface area contributed by atoms with Crippen LogP contribution in [0.15, 0.2) is 53.3 Å². The molecule has 2 aromatic carbocycles. The summed E-state index contributed by atoms with van der Waals surface area (Å²) in [6.07, 6.45) is 0.276. The lowest BCUT2D eigenvalue weighted by Gasteiger charge is -2.50. The van der Waals surface area contributed by atoms with Crippen LogP contribution in [0.5, 0.6) is 5.75 Å². The van der Waals surface area contributed by atoms with Gasteiger partial charge in [0.15, 0.2) is 11.4 Å². The zero-order valence-electron chi connectivity index (χ0n) is 22.8. The van der Waals surface area contributed by atoms with Crippen LogP contribution in [-0.4, -0.2) is 87.5 Å². The molecule has 0 spiro atoms. The molecular weight excluding hydrogens is 514 g/mol. The Hall–Kier alpha value is -3.99. The van der Waals surface area contributed by atoms with Gasteiger partial charge < -0.3 is 31.1 Å². The first-order chi connectivity index (χ1) is 18.8. The Morgan fingerprint density at radius 2 is 1.77 bits per heavy atom. The largest absolute Gasteiger partial charge is 0.508 e. The molecule has 10 nitrogen and oxygen atoms in total. The van der Waals surface area contributed by atoms with Crippen molar-refractivity contribution in [1.29, 1.82) is 0 Å². The average Bonchev–Trinajstić information content (AvgIpc) is 2.85. The van der Waals surface area contributed by atoms with E-state index in [2.05, 4.69) is 0 Å². The van der Waals surface area contributed by atoms with Crippen LogP contribution in [-0.2, 0) is 27.3 Å². The molecule has 5 rings (SSSR count). The summed E-state index contributed by atoms with van der Waals surface area (Å²) in [5.41, 5.74) is 5.15. The topological polar surface area (TPSA) is 165 Å². The normalized spacial score (nSPS) is 26.2. The fourth-order valence-corrected chi connectivity index (χ4v) is 6.72. The van der Waals surface area contributed by atoms with E-state index in [1.54, 1.807) is 20.2 Å². The van der Waals surface area contributed by atoms with Gasteiger partial charge in [-0.15, -0.1) is 0 Å². The summed E-state index contributed by atoms with van der Waals surface area (Å²) < 4.78 is 0. The van der Waals surface area contributed by atoms with Crippen LogP contribution < -0.4 is 5.73 Å². The van der Waals surface area contributed by atoms with E-state index in [4.69, 9.17) is 5.73 Å². The van der Waals surface area contributed by atoms with Crippen molar-refractivity contribution in [2.45, 2.75) is 31.0 Å². The summed E-state index contributed by atoms with van der Waals surface area (Å²) in [4.78, 5) is 42.9. The summed E-state index contributed by atoms with van der Waals surface area (Å²) in [6.45, 7) is 0.713. The number of nitrogens with two attached hydrogens (primary N) is 1. The van der Waals surface area contributed by atoms with Crippen LogP contribution >= 0.6 is 0 Å². The van der Waals surface area contributed by atoms with Crippen LogP contribution in [0.3, 0.4) is 0 Å². The second kappa shape index (κ2) is 9.58. The maximum atomic E-state index is 14.0. The van der Waals surface area contributed by atoms with Crippen molar-refractivity contribution < 1.29 is 34.8 Å². The predicted octanol–water partition coefficient (Wildman–Crippen LogP) is 1.69. The summed E-state index contributed by atoms with van der Waals surface area (Å²) in [6, 6.07) is 9.99. The molecule has 1 fully saturated rings. The number of phenolic OH excluding ortho intramolecular Hbond substituents is 1. The molecule has 0 saturated heterocycles. The summed E-state index contributed by atoms with van der Waals surface area (Å²) in [5.74, 6) is -6.64. The zero-order valence-corrected chi connectivity index (χ0v) is 22.8. The third-order valence-electron chi connectivity index (χ3n) is 8.34. The van der Waals surface area contributed by atoms with Crippen LogP contribution in [0, 0.1) is 11.8 Å². The summed E-state index contributed by atoms with van der Waals surface area (Å²) >= 11 is 0. The van der Waals surface area contributed by atoms with E-state index in [-0.39, 0.29) is 29.7 Å². The third-order valence-corrected chi connectivity index (χ3v) is 8.34. The highest BCUT2D eigenvalue weighted by atomic mass is 16.3. The molecule has 0 radical (unpaired) electrons. The molecule has 1 amide bonds. The minimum absolute atomic E-state index is 0.0432. The van der Waals surface area contributed by atoms with Gasteiger partial charge in [-0.3, -0.25) is 19.3 Å². The number of likely N-dealkylation sites (N-methyl/N-ethyl adjacent to an activating group) is 1. The number of carbonyl (C=O) groups is 3. The van der Waals surface area contributed by atoms with Gasteiger partial charge in [-0.25, -0.2) is 0 Å². The molecule has 3 aliphatic rings. The van der Waals surface area contributed by atoms with Crippen molar-refractivity contribution in [2.75, 3.05) is 28.2 Å². The Bertz CT molecular complexity index is 1520. The maximum Gasteiger partial charge on any atom is 0.255 e. The van der Waals surface area contributed by atoms with Gasteiger partial charge in [0.2, 0.25) is 5.78 Å². The molecule has 0 bridgehead atoms. The van der Waals surface area contributed by atoms with Crippen molar-refractivity contribution in [3.8, 4) is 16.9 Å². The minimum Gasteiger partial charge on any atom is -0.508 e. The van der Waals surface area contributed by atoms with E-state index in [1.165, 1.54) is 11.0 Å². The van der Waals surface area contributed by atoms with Gasteiger partial charge >= 0.3 is 0 Å². The number of benzene rings is 2. The molecule has 1 saturated carbocycles. The molecule has 2 unspecified atom stereocenters. The second-order valence-electron chi connectivity index (χ2n) is 11.4. The maximum absolute atomic E-state index is 14.0. The molecular formula is C30H33N3O7. The number of primary amides is 1. The number of fused-ring (bicyclic) bond motifs is 3. The molecule has 3 aliphatic carbocycles. The van der Waals surface area contributed by atoms with Crippen molar-refractivity contribution in [1.82, 2.24) is 9.80 Å². The van der Waals surface area contributed by atoms with Crippen LogP contribution in [0.25, 0.3) is 16.9 Å². The molecule has 0 heterocycles. The van der Waals surface area contributed by atoms with Gasteiger partial charge in [0.25, 0.3) is 5.91 Å². The van der Waals surface area contributed by atoms with Gasteiger partial charge in [0.05, 0.1) is 11.6 Å². The molecule has 2 aromatic rings. The molecule has 0 aliphatic heterocycles. The molecule has 0 aromatic heterocycles. The van der Waals surface area contributed by atoms with Gasteiger partial charge in [0, 0.05) is 18.0 Å². The SMILES string of the molecule is CN(C)Cc1cccc(-c2ccc(O)c3c2CC2CC4[C@H](N(C)C)C(=O)C(C(N)=O)=C(O)[C@@]4(O)C(=O)C2=C3O)c1. The Kier molecular flexibility index (Phi) is 6.60. The number of ketones is 2. The molecule has 4 atom stereocenters. The Labute approximate surface area is 231 Å². The number of aromatic hydroxyl groups is 1. The monoisotopic (exact) mass is 547 g/mol. The van der Waals surface area contributed by atoms with E-state index in [9.17, 15) is 34.8 Å². The molecule has 10 heteroatoms. The van der Waals surface area contributed by atoms with Gasteiger partial charge in [-0.1, -0.05) is 24.3 Å². The lowest BCUT2D eigenvalue weighted by Crippen LogP contribution is -2.65. The highest BCUT2D eigenvalue weighted by molar-refractivity contribution is 6.24. The number of nitrogens with zero attached hydrogens (tertiary/aromatic N) is 2. The fraction of sp³-hybridized carbons (Fsp3) is 0.367. The van der Waals surface area contributed by atoms with Crippen molar-refractivity contribution in [2.24, 2.45) is 17.6 Å². The van der Waals surface area contributed by atoms with E-state index in [0.29, 0.717) is 12.1 Å². The van der Waals surface area contributed by atoms with E-state index < -0.39 is 58.0 Å². The third kappa shape index (κ3) is 3.94. The number of amides is 1. The Morgan fingerprint density at radius 3 is 2.40 bits per heavy atom. The predicted molar refractivity (Wildman–Crippen MR) is 147 cm³/mol. The number of rotatable bonds is 5. The second-order valence-corrected chi connectivity index (χ2v) is 11.4. The van der Waals surface area contributed by atoms with Gasteiger partial charge in [-0.05, 0) is 81.3 Å². The van der Waals surface area contributed by atoms with Crippen molar-refractivity contribution in [3.05, 3.63) is 70.0 Å². The standard InChI is InChI=1S/C30H33N3O7/c1-32(2)13-14-6-5-7-15(10-14)17-8-9-20(34)22-18(17)11-16-12-19-24(33(3)4)26(36)23(29(31)39)28(38)30(19,40)27(37)21(16)25(22)35/h5-10,16,19,24,34-35,38,40H,11-13H2,1-4H3,(H2,31,39)/t16?,19?,24-,30-/m0/s1.